The first-order chi connectivity index (χ1) is 9.54. The Labute approximate surface area is 127 Å². The number of terminal acetylenes is 1. The Morgan fingerprint density at radius 2 is 2.05 bits per heavy atom. The first-order valence-corrected chi connectivity index (χ1v) is 7.40. The van der Waals surface area contributed by atoms with Crippen LogP contribution in [0.2, 0.25) is 0 Å². The van der Waals surface area contributed by atoms with E-state index in [4.69, 9.17) is 22.8 Å². The number of ether oxygens (including phenoxy) is 1. The second-order valence-electron chi connectivity index (χ2n) is 5.98. The van der Waals surface area contributed by atoms with E-state index in [1.54, 1.807) is 0 Å². The Balaban J connectivity index is 2.32. The highest BCUT2D eigenvalue weighted by molar-refractivity contribution is 6.21. The molecule has 0 radical (unpaired) electrons. The molecule has 0 N–H and O–H groups in total. The van der Waals surface area contributed by atoms with Crippen LogP contribution >= 0.6 is 11.6 Å². The fraction of sp³-hybridized carbons (Fsp3) is 0.444. The molecule has 106 valence electrons. The van der Waals surface area contributed by atoms with Gasteiger partial charge >= 0.3 is 0 Å². The number of alkyl halides is 1. The summed E-state index contributed by atoms with van der Waals surface area (Å²) in [5, 5.41) is 0.138. The maximum Gasteiger partial charge on any atom is 0.107 e. The van der Waals surface area contributed by atoms with Gasteiger partial charge in [0.25, 0.3) is 0 Å². The van der Waals surface area contributed by atoms with Crippen LogP contribution in [0.25, 0.3) is 5.57 Å². The smallest absolute Gasteiger partial charge is 0.107 e. The van der Waals surface area contributed by atoms with E-state index in [0.717, 1.165) is 12.8 Å². The van der Waals surface area contributed by atoms with E-state index in [0.29, 0.717) is 13.2 Å². The van der Waals surface area contributed by atoms with Crippen LogP contribution in [0, 0.1) is 17.8 Å². The van der Waals surface area contributed by atoms with Crippen LogP contribution in [0.4, 0.5) is 0 Å². The normalized spacial score (nSPS) is 21.6. The van der Waals surface area contributed by atoms with Crippen molar-refractivity contribution in [2.24, 2.45) is 5.41 Å². The van der Waals surface area contributed by atoms with Crippen LogP contribution in [-0.2, 0) is 4.74 Å². The molecule has 0 spiro atoms. The van der Waals surface area contributed by atoms with Gasteiger partial charge in [0.15, 0.2) is 0 Å². The predicted molar refractivity (Wildman–Crippen MR) is 85.7 cm³/mol. The van der Waals surface area contributed by atoms with Gasteiger partial charge in [-0.3, -0.25) is 0 Å². The molecule has 0 saturated carbocycles. The lowest BCUT2D eigenvalue weighted by atomic mass is 9.72. The SMILES string of the molecule is C#CCOCC1=C(c2ccccc2)CC(C)(C)C(Cl)C1. The zero-order chi connectivity index (χ0) is 14.6. The Hall–Kier alpha value is -1.23. The average molecular weight is 289 g/mol. The topological polar surface area (TPSA) is 9.23 Å². The third-order valence-electron chi connectivity index (χ3n) is 3.92. The molecule has 0 saturated heterocycles. The number of benzene rings is 1. The third kappa shape index (κ3) is 3.45. The zero-order valence-corrected chi connectivity index (χ0v) is 12.9. The molecule has 0 fully saturated rings. The van der Waals surface area contributed by atoms with Crippen LogP contribution in [0.15, 0.2) is 35.9 Å². The van der Waals surface area contributed by atoms with E-state index in [-0.39, 0.29) is 10.8 Å². The summed E-state index contributed by atoms with van der Waals surface area (Å²) in [6.45, 7) is 5.38. The minimum atomic E-state index is 0.0996. The molecule has 1 aromatic carbocycles. The lowest BCUT2D eigenvalue weighted by Crippen LogP contribution is -2.30. The highest BCUT2D eigenvalue weighted by Crippen LogP contribution is 2.45. The van der Waals surface area contributed by atoms with Crippen LogP contribution in [0.1, 0.15) is 32.3 Å². The third-order valence-corrected chi connectivity index (χ3v) is 4.66. The largest absolute Gasteiger partial charge is 0.364 e. The van der Waals surface area contributed by atoms with Gasteiger partial charge in [-0.05, 0) is 35.0 Å². The van der Waals surface area contributed by atoms with Crippen LogP contribution < -0.4 is 0 Å². The van der Waals surface area contributed by atoms with E-state index in [1.807, 2.05) is 6.07 Å². The molecule has 1 unspecified atom stereocenters. The molecular formula is C18H21ClO. The van der Waals surface area contributed by atoms with Crippen molar-refractivity contribution >= 4 is 17.2 Å². The fourth-order valence-corrected chi connectivity index (χ4v) is 2.90. The monoisotopic (exact) mass is 288 g/mol. The van der Waals surface area contributed by atoms with Crippen molar-refractivity contribution in [2.45, 2.75) is 32.1 Å². The summed E-state index contributed by atoms with van der Waals surface area (Å²) in [6.07, 6.45) is 7.08. The van der Waals surface area contributed by atoms with Gasteiger partial charge in [-0.25, -0.2) is 0 Å². The minimum Gasteiger partial charge on any atom is -0.364 e. The Morgan fingerprint density at radius 3 is 2.70 bits per heavy atom. The lowest BCUT2D eigenvalue weighted by Gasteiger charge is -2.37. The van der Waals surface area contributed by atoms with E-state index in [1.165, 1.54) is 16.7 Å². The molecule has 2 heteroatoms. The van der Waals surface area contributed by atoms with E-state index in [9.17, 15) is 0 Å². The molecule has 0 aliphatic heterocycles. The van der Waals surface area contributed by atoms with Gasteiger partial charge in [-0.15, -0.1) is 18.0 Å². The molecule has 2 rings (SSSR count). The Morgan fingerprint density at radius 1 is 1.35 bits per heavy atom. The number of halogens is 1. The van der Waals surface area contributed by atoms with E-state index in [2.05, 4.69) is 44.0 Å². The summed E-state index contributed by atoms with van der Waals surface area (Å²) in [7, 11) is 0. The first-order valence-electron chi connectivity index (χ1n) is 6.96. The standard InChI is InChI=1S/C18H21ClO/c1-4-10-20-13-15-11-17(19)18(2,3)12-16(15)14-8-6-5-7-9-14/h1,5-9,17H,10-13H2,2-3H3. The Bertz CT molecular complexity index is 522. The predicted octanol–water partition coefficient (Wildman–Crippen LogP) is 4.52. The number of rotatable bonds is 4. The summed E-state index contributed by atoms with van der Waals surface area (Å²) >= 11 is 6.54. The van der Waals surface area contributed by atoms with Crippen LogP contribution in [0.3, 0.4) is 0 Å². The van der Waals surface area contributed by atoms with Gasteiger partial charge in [0.2, 0.25) is 0 Å². The van der Waals surface area contributed by atoms with Gasteiger partial charge in [-0.2, -0.15) is 0 Å². The van der Waals surface area contributed by atoms with Gasteiger partial charge in [0.1, 0.15) is 6.61 Å². The van der Waals surface area contributed by atoms with E-state index < -0.39 is 0 Å². The second-order valence-corrected chi connectivity index (χ2v) is 6.51. The maximum absolute atomic E-state index is 6.54. The van der Waals surface area contributed by atoms with Crippen molar-refractivity contribution in [3.63, 3.8) is 0 Å². The lowest BCUT2D eigenvalue weighted by molar-refractivity contribution is 0.185. The molecular weight excluding hydrogens is 268 g/mol. The van der Waals surface area contributed by atoms with Crippen molar-refractivity contribution in [1.82, 2.24) is 0 Å². The van der Waals surface area contributed by atoms with Crippen molar-refractivity contribution in [1.29, 1.82) is 0 Å². The molecule has 0 bridgehead atoms. The van der Waals surface area contributed by atoms with Gasteiger partial charge in [-0.1, -0.05) is 50.1 Å². The molecule has 0 heterocycles. The average Bonchev–Trinajstić information content (AvgIpc) is 2.44. The summed E-state index contributed by atoms with van der Waals surface area (Å²) in [6, 6.07) is 10.5. The number of allylic oxidation sites excluding steroid dienone is 1. The van der Waals surface area contributed by atoms with Gasteiger partial charge < -0.3 is 4.74 Å². The fourth-order valence-electron chi connectivity index (χ4n) is 2.63. The zero-order valence-electron chi connectivity index (χ0n) is 12.2. The summed E-state index contributed by atoms with van der Waals surface area (Å²) in [5.74, 6) is 2.51. The minimum absolute atomic E-state index is 0.0996. The van der Waals surface area contributed by atoms with Crippen molar-refractivity contribution in [2.75, 3.05) is 13.2 Å². The quantitative estimate of drug-likeness (QED) is 0.450. The molecule has 1 aliphatic rings. The summed E-state index contributed by atoms with van der Waals surface area (Å²) in [5.41, 5.74) is 4.02. The second kappa shape index (κ2) is 6.48. The summed E-state index contributed by atoms with van der Waals surface area (Å²) in [4.78, 5) is 0. The molecule has 20 heavy (non-hydrogen) atoms. The molecule has 0 aromatic heterocycles. The maximum atomic E-state index is 6.54. The number of hydrogen-bond donors (Lipinski definition) is 0. The van der Waals surface area contributed by atoms with Crippen LogP contribution in [0.5, 0.6) is 0 Å². The molecule has 1 aliphatic carbocycles. The van der Waals surface area contributed by atoms with E-state index >= 15 is 0 Å². The highest BCUT2D eigenvalue weighted by Gasteiger charge is 2.35. The molecule has 1 aromatic rings. The van der Waals surface area contributed by atoms with Crippen molar-refractivity contribution in [3.05, 3.63) is 41.5 Å². The van der Waals surface area contributed by atoms with Gasteiger partial charge in [0, 0.05) is 5.38 Å². The van der Waals surface area contributed by atoms with Crippen molar-refractivity contribution in [3.8, 4) is 12.3 Å². The van der Waals surface area contributed by atoms with Crippen molar-refractivity contribution < 1.29 is 4.74 Å². The Kier molecular flexibility index (Phi) is 4.91. The highest BCUT2D eigenvalue weighted by atomic mass is 35.5. The molecule has 0 amide bonds. The number of hydrogen-bond acceptors (Lipinski definition) is 1. The van der Waals surface area contributed by atoms with Gasteiger partial charge in [0.05, 0.1) is 6.61 Å². The molecule has 1 nitrogen and oxygen atoms in total. The first kappa shape index (κ1) is 15.2. The van der Waals surface area contributed by atoms with Crippen LogP contribution in [-0.4, -0.2) is 18.6 Å². The summed E-state index contributed by atoms with van der Waals surface area (Å²) < 4.78 is 5.54. The molecule has 1 atom stereocenters.